The van der Waals surface area contributed by atoms with Gasteiger partial charge in [-0.05, 0) is 18.6 Å². The van der Waals surface area contributed by atoms with E-state index >= 15 is 0 Å². The molecule has 0 aliphatic carbocycles. The summed E-state index contributed by atoms with van der Waals surface area (Å²) in [5, 5.41) is 11.5. The smallest absolute Gasteiger partial charge is 0.326 e. The van der Waals surface area contributed by atoms with Crippen LogP contribution >= 0.6 is 0 Å². The van der Waals surface area contributed by atoms with Crippen molar-refractivity contribution in [3.63, 3.8) is 0 Å². The Morgan fingerprint density at radius 1 is 1.53 bits per heavy atom. The molecule has 1 heterocycles. The number of nitrogens with zero attached hydrogens (tertiary/aromatic N) is 1. The van der Waals surface area contributed by atoms with Crippen molar-refractivity contribution in [2.45, 2.75) is 39.3 Å². The lowest BCUT2D eigenvalue weighted by atomic mass is 10.1. The van der Waals surface area contributed by atoms with Gasteiger partial charge in [-0.25, -0.2) is 4.79 Å². The molecule has 1 aromatic rings. The van der Waals surface area contributed by atoms with Crippen molar-refractivity contribution in [2.24, 2.45) is 0 Å². The van der Waals surface area contributed by atoms with Gasteiger partial charge >= 0.3 is 5.97 Å². The van der Waals surface area contributed by atoms with E-state index < -0.39 is 12.0 Å². The first-order chi connectivity index (χ1) is 8.04. The van der Waals surface area contributed by atoms with Gasteiger partial charge in [0.15, 0.2) is 0 Å². The highest BCUT2D eigenvalue weighted by Crippen LogP contribution is 2.07. The Kier molecular flexibility index (Phi) is 4.75. The Balaban J connectivity index is 2.74. The summed E-state index contributed by atoms with van der Waals surface area (Å²) in [5.41, 5.74) is 0.924. The fourth-order valence-corrected chi connectivity index (χ4v) is 1.75. The van der Waals surface area contributed by atoms with Crippen molar-refractivity contribution in [3.8, 4) is 0 Å². The van der Waals surface area contributed by atoms with Crippen LogP contribution in [0.5, 0.6) is 0 Å². The number of carboxylic acid groups (broad SMARTS) is 1. The summed E-state index contributed by atoms with van der Waals surface area (Å²) < 4.78 is 2.01. The molecule has 2 N–H and O–H groups in total. The lowest BCUT2D eigenvalue weighted by Crippen LogP contribution is -2.41. The number of aliphatic carboxylic acids is 1. The van der Waals surface area contributed by atoms with Gasteiger partial charge in [0.2, 0.25) is 5.91 Å². The van der Waals surface area contributed by atoms with Crippen molar-refractivity contribution in [3.05, 3.63) is 24.0 Å². The van der Waals surface area contributed by atoms with Crippen LogP contribution in [0.15, 0.2) is 18.3 Å². The zero-order valence-electron chi connectivity index (χ0n) is 10.1. The molecule has 0 aliphatic rings. The van der Waals surface area contributed by atoms with Gasteiger partial charge in [0.05, 0.1) is 0 Å². The van der Waals surface area contributed by atoms with Crippen molar-refractivity contribution < 1.29 is 14.7 Å². The lowest BCUT2D eigenvalue weighted by Gasteiger charge is -2.15. The third kappa shape index (κ3) is 3.94. The number of aromatic nitrogens is 1. The molecule has 0 saturated heterocycles. The van der Waals surface area contributed by atoms with E-state index in [0.717, 1.165) is 18.7 Å². The molecule has 5 heteroatoms. The minimum atomic E-state index is -1.01. The van der Waals surface area contributed by atoms with Gasteiger partial charge in [-0.15, -0.1) is 0 Å². The lowest BCUT2D eigenvalue weighted by molar-refractivity contribution is -0.141. The molecule has 1 unspecified atom stereocenters. The summed E-state index contributed by atoms with van der Waals surface area (Å²) in [4.78, 5) is 21.9. The number of amides is 1. The molecule has 0 saturated carbocycles. The molecule has 0 radical (unpaired) electrons. The number of rotatable bonds is 6. The van der Waals surface area contributed by atoms with Crippen molar-refractivity contribution >= 4 is 11.9 Å². The van der Waals surface area contributed by atoms with E-state index in [2.05, 4.69) is 12.2 Å². The summed E-state index contributed by atoms with van der Waals surface area (Å²) in [6.07, 6.45) is 3.22. The normalized spacial score (nSPS) is 12.1. The predicted octanol–water partition coefficient (Wildman–Crippen LogP) is 1.03. The minimum Gasteiger partial charge on any atom is -0.480 e. The zero-order valence-corrected chi connectivity index (χ0v) is 10.1. The number of hydrogen-bond acceptors (Lipinski definition) is 2. The molecule has 1 amide bonds. The van der Waals surface area contributed by atoms with E-state index in [-0.39, 0.29) is 5.91 Å². The third-order valence-corrected chi connectivity index (χ3v) is 2.48. The number of carbonyl (C=O) groups is 2. The molecule has 1 aromatic heterocycles. The molecule has 94 valence electrons. The van der Waals surface area contributed by atoms with E-state index in [4.69, 9.17) is 5.11 Å². The highest BCUT2D eigenvalue weighted by Gasteiger charge is 2.20. The largest absolute Gasteiger partial charge is 0.480 e. The number of nitrogens with one attached hydrogen (secondary N) is 1. The van der Waals surface area contributed by atoms with Gasteiger partial charge in [-0.1, -0.05) is 6.92 Å². The molecule has 0 aromatic carbocycles. The van der Waals surface area contributed by atoms with Gasteiger partial charge in [-0.3, -0.25) is 4.79 Å². The number of carboxylic acids is 1. The second-order valence-corrected chi connectivity index (χ2v) is 3.99. The number of carbonyl (C=O) groups excluding carboxylic acids is 1. The minimum absolute atomic E-state index is 0.307. The molecule has 1 atom stereocenters. The molecule has 5 nitrogen and oxygen atoms in total. The van der Waals surface area contributed by atoms with E-state index in [1.807, 2.05) is 22.9 Å². The molecular formula is C12H18N2O3. The molecule has 1 rings (SSSR count). The molecule has 0 fully saturated rings. The second-order valence-electron chi connectivity index (χ2n) is 3.99. The average Bonchev–Trinajstić information content (AvgIpc) is 2.64. The Hall–Kier alpha value is -1.78. The van der Waals surface area contributed by atoms with Gasteiger partial charge in [0.25, 0.3) is 0 Å². The summed E-state index contributed by atoms with van der Waals surface area (Å²) in [6, 6.07) is 2.91. The molecule has 0 bridgehead atoms. The maximum Gasteiger partial charge on any atom is 0.326 e. The van der Waals surface area contributed by atoms with E-state index in [9.17, 15) is 9.59 Å². The summed E-state index contributed by atoms with van der Waals surface area (Å²) >= 11 is 0. The highest BCUT2D eigenvalue weighted by atomic mass is 16.4. The van der Waals surface area contributed by atoms with Gasteiger partial charge in [0.1, 0.15) is 6.04 Å². The van der Waals surface area contributed by atoms with E-state index in [1.165, 1.54) is 6.92 Å². The first-order valence-electron chi connectivity index (χ1n) is 5.68. The predicted molar refractivity (Wildman–Crippen MR) is 63.7 cm³/mol. The quantitative estimate of drug-likeness (QED) is 0.777. The number of hydrogen-bond donors (Lipinski definition) is 2. The van der Waals surface area contributed by atoms with Crippen molar-refractivity contribution in [1.29, 1.82) is 0 Å². The fourth-order valence-electron chi connectivity index (χ4n) is 1.75. The van der Waals surface area contributed by atoms with Gasteiger partial charge < -0.3 is 15.0 Å². The van der Waals surface area contributed by atoms with Crippen LogP contribution in [0.4, 0.5) is 0 Å². The molecular weight excluding hydrogens is 220 g/mol. The molecule has 0 aliphatic heterocycles. The van der Waals surface area contributed by atoms with Crippen LogP contribution in [-0.2, 0) is 22.6 Å². The summed E-state index contributed by atoms with van der Waals surface area (Å²) in [6.45, 7) is 4.24. The van der Waals surface area contributed by atoms with Gasteiger partial charge in [0, 0.05) is 31.8 Å². The van der Waals surface area contributed by atoms with Crippen LogP contribution in [0.1, 0.15) is 26.0 Å². The number of aryl methyl sites for hydroxylation is 1. The van der Waals surface area contributed by atoms with Crippen LogP contribution in [0.3, 0.4) is 0 Å². The summed E-state index contributed by atoms with van der Waals surface area (Å²) in [7, 11) is 0. The standard InChI is InChI=1S/C12H18N2O3/c1-3-6-14-7-4-5-10(14)8-11(12(16)17)13-9(2)15/h4-5,7,11H,3,6,8H2,1-2H3,(H,13,15)(H,16,17). The van der Waals surface area contributed by atoms with E-state index in [0.29, 0.717) is 6.42 Å². The van der Waals surface area contributed by atoms with Crippen molar-refractivity contribution in [2.75, 3.05) is 0 Å². The van der Waals surface area contributed by atoms with Gasteiger partial charge in [-0.2, -0.15) is 0 Å². The Morgan fingerprint density at radius 3 is 2.76 bits per heavy atom. The molecule has 17 heavy (non-hydrogen) atoms. The third-order valence-electron chi connectivity index (χ3n) is 2.48. The maximum atomic E-state index is 11.0. The van der Waals surface area contributed by atoms with Crippen LogP contribution in [-0.4, -0.2) is 27.6 Å². The topological polar surface area (TPSA) is 71.3 Å². The molecule has 0 spiro atoms. The zero-order chi connectivity index (χ0) is 12.8. The monoisotopic (exact) mass is 238 g/mol. The van der Waals surface area contributed by atoms with E-state index in [1.54, 1.807) is 0 Å². The Labute approximate surface area is 100 Å². The average molecular weight is 238 g/mol. The second kappa shape index (κ2) is 6.08. The fraction of sp³-hybridized carbons (Fsp3) is 0.500. The maximum absolute atomic E-state index is 11.0. The van der Waals surface area contributed by atoms with Crippen LogP contribution in [0, 0.1) is 0 Å². The first-order valence-corrected chi connectivity index (χ1v) is 5.68. The van der Waals surface area contributed by atoms with Crippen molar-refractivity contribution in [1.82, 2.24) is 9.88 Å². The SMILES string of the molecule is CCCn1cccc1CC(NC(C)=O)C(=O)O. The van der Waals surface area contributed by atoms with Crippen LogP contribution in [0.2, 0.25) is 0 Å². The first kappa shape index (κ1) is 13.3. The van der Waals surface area contributed by atoms with Crippen LogP contribution in [0.25, 0.3) is 0 Å². The summed E-state index contributed by atoms with van der Waals surface area (Å²) in [5.74, 6) is -1.34. The van der Waals surface area contributed by atoms with Crippen LogP contribution < -0.4 is 5.32 Å². The highest BCUT2D eigenvalue weighted by molar-refractivity contribution is 5.82. The Bertz CT molecular complexity index is 398. The Morgan fingerprint density at radius 2 is 2.24 bits per heavy atom.